The van der Waals surface area contributed by atoms with E-state index in [9.17, 15) is 14.4 Å². The van der Waals surface area contributed by atoms with Gasteiger partial charge in [-0.05, 0) is 23.4 Å². The molecule has 1 aliphatic rings. The van der Waals surface area contributed by atoms with Crippen molar-refractivity contribution in [3.8, 4) is 6.07 Å². The zero-order valence-corrected chi connectivity index (χ0v) is 16.2. The second-order valence-electron chi connectivity index (χ2n) is 6.52. The number of hydrogen-bond acceptors (Lipinski definition) is 5. The van der Waals surface area contributed by atoms with Crippen LogP contribution in [0.3, 0.4) is 0 Å². The highest BCUT2D eigenvalue weighted by Gasteiger charge is 2.52. The van der Waals surface area contributed by atoms with Crippen LogP contribution < -0.4 is 10.6 Å². The van der Waals surface area contributed by atoms with E-state index in [-0.39, 0.29) is 0 Å². The SMILES string of the molecule is CCCCC1(c2ccccc2)NC(=O)N(CC(=O)Nc2sccc2C#N)C1=O. The molecule has 0 spiro atoms. The molecule has 144 valence electrons. The Hall–Kier alpha value is -3.18. The number of hydrogen-bond donors (Lipinski definition) is 2. The summed E-state index contributed by atoms with van der Waals surface area (Å²) in [5.74, 6) is -0.958. The molecule has 1 atom stereocenters. The number of nitrogens with one attached hydrogen (secondary N) is 2. The van der Waals surface area contributed by atoms with E-state index in [0.29, 0.717) is 22.5 Å². The van der Waals surface area contributed by atoms with Crippen molar-refractivity contribution in [2.45, 2.75) is 31.7 Å². The minimum atomic E-state index is -1.16. The van der Waals surface area contributed by atoms with Crippen molar-refractivity contribution in [3.05, 3.63) is 52.9 Å². The number of carbonyl (C=O) groups is 3. The molecule has 1 unspecified atom stereocenters. The summed E-state index contributed by atoms with van der Waals surface area (Å²) in [7, 11) is 0. The van der Waals surface area contributed by atoms with Gasteiger partial charge < -0.3 is 10.6 Å². The monoisotopic (exact) mass is 396 g/mol. The minimum absolute atomic E-state index is 0.345. The molecule has 0 saturated carbocycles. The fraction of sp³-hybridized carbons (Fsp3) is 0.300. The van der Waals surface area contributed by atoms with Crippen LogP contribution in [0.15, 0.2) is 41.8 Å². The number of carbonyl (C=O) groups excluding carboxylic acids is 3. The molecule has 1 aromatic heterocycles. The Labute approximate surface area is 167 Å². The van der Waals surface area contributed by atoms with Gasteiger partial charge in [0.1, 0.15) is 23.2 Å². The van der Waals surface area contributed by atoms with E-state index in [1.54, 1.807) is 11.4 Å². The Morgan fingerprint density at radius 1 is 1.29 bits per heavy atom. The van der Waals surface area contributed by atoms with E-state index in [2.05, 4.69) is 10.6 Å². The lowest BCUT2D eigenvalue weighted by molar-refractivity contribution is -0.134. The van der Waals surface area contributed by atoms with Gasteiger partial charge in [-0.3, -0.25) is 14.5 Å². The molecule has 2 aromatic rings. The Balaban J connectivity index is 1.81. The van der Waals surface area contributed by atoms with Gasteiger partial charge in [-0.1, -0.05) is 50.1 Å². The molecule has 28 heavy (non-hydrogen) atoms. The lowest BCUT2D eigenvalue weighted by Gasteiger charge is -2.27. The van der Waals surface area contributed by atoms with Gasteiger partial charge in [0.15, 0.2) is 0 Å². The number of imide groups is 1. The molecule has 2 heterocycles. The van der Waals surface area contributed by atoms with Gasteiger partial charge >= 0.3 is 6.03 Å². The Kier molecular flexibility index (Phi) is 5.76. The molecule has 1 saturated heterocycles. The van der Waals surface area contributed by atoms with Gasteiger partial charge in [-0.2, -0.15) is 5.26 Å². The van der Waals surface area contributed by atoms with Crippen LogP contribution >= 0.6 is 11.3 Å². The van der Waals surface area contributed by atoms with Crippen LogP contribution in [0, 0.1) is 11.3 Å². The highest BCUT2D eigenvalue weighted by atomic mass is 32.1. The summed E-state index contributed by atoms with van der Waals surface area (Å²) in [6.45, 7) is 1.60. The van der Waals surface area contributed by atoms with Crippen LogP contribution in [0.5, 0.6) is 0 Å². The normalized spacial score (nSPS) is 18.6. The quantitative estimate of drug-likeness (QED) is 0.702. The van der Waals surface area contributed by atoms with Gasteiger partial charge in [0.25, 0.3) is 5.91 Å². The molecular formula is C20H20N4O3S. The summed E-state index contributed by atoms with van der Waals surface area (Å²) in [5, 5.41) is 16.5. The van der Waals surface area contributed by atoms with Crippen molar-refractivity contribution in [1.29, 1.82) is 5.26 Å². The molecule has 8 heteroatoms. The molecule has 1 aromatic carbocycles. The van der Waals surface area contributed by atoms with Gasteiger partial charge in [0.2, 0.25) is 5.91 Å². The average molecular weight is 396 g/mol. The smallest absolute Gasteiger partial charge is 0.319 e. The van der Waals surface area contributed by atoms with Gasteiger partial charge in [-0.15, -0.1) is 11.3 Å². The zero-order chi connectivity index (χ0) is 20.1. The number of urea groups is 1. The highest BCUT2D eigenvalue weighted by molar-refractivity contribution is 7.14. The number of anilines is 1. The third-order valence-corrected chi connectivity index (χ3v) is 5.52. The van der Waals surface area contributed by atoms with Gasteiger partial charge in [0.05, 0.1) is 5.56 Å². The Bertz CT molecular complexity index is 934. The maximum Gasteiger partial charge on any atom is 0.325 e. The van der Waals surface area contributed by atoms with Gasteiger partial charge in [0, 0.05) is 0 Å². The molecule has 0 bridgehead atoms. The first-order chi connectivity index (χ1) is 13.5. The van der Waals surface area contributed by atoms with Crippen LogP contribution in [-0.2, 0) is 15.1 Å². The topological polar surface area (TPSA) is 102 Å². The van der Waals surface area contributed by atoms with Crippen LogP contribution in [0.4, 0.5) is 9.80 Å². The first-order valence-corrected chi connectivity index (χ1v) is 9.87. The first kappa shape index (κ1) is 19.6. The number of amides is 4. The maximum absolute atomic E-state index is 13.2. The van der Waals surface area contributed by atoms with Gasteiger partial charge in [-0.25, -0.2) is 4.79 Å². The van der Waals surface area contributed by atoms with Crippen molar-refractivity contribution >= 4 is 34.2 Å². The Morgan fingerprint density at radius 2 is 2.04 bits per heavy atom. The standard InChI is InChI=1S/C20H20N4O3S/c1-2-3-10-20(15-7-5-4-6-8-15)18(26)24(19(27)23-20)13-16(25)22-17-14(12-21)9-11-28-17/h4-9,11H,2-3,10,13H2,1H3,(H,22,25)(H,23,27). The summed E-state index contributed by atoms with van der Waals surface area (Å²) < 4.78 is 0. The van der Waals surface area contributed by atoms with Crippen LogP contribution in [0.25, 0.3) is 0 Å². The molecule has 0 radical (unpaired) electrons. The molecule has 1 aliphatic heterocycles. The predicted octanol–water partition coefficient (Wildman–Crippen LogP) is 3.20. The van der Waals surface area contributed by atoms with E-state index in [1.807, 2.05) is 43.3 Å². The fourth-order valence-corrected chi connectivity index (χ4v) is 4.00. The van der Waals surface area contributed by atoms with Crippen LogP contribution in [-0.4, -0.2) is 29.3 Å². The summed E-state index contributed by atoms with van der Waals surface area (Å²) in [6.07, 6.45) is 2.08. The second kappa shape index (κ2) is 8.23. The minimum Gasteiger partial charge on any atom is -0.319 e. The molecular weight excluding hydrogens is 376 g/mol. The number of thiophene rings is 1. The highest BCUT2D eigenvalue weighted by Crippen LogP contribution is 2.34. The predicted molar refractivity (Wildman–Crippen MR) is 106 cm³/mol. The van der Waals surface area contributed by atoms with E-state index < -0.39 is 29.9 Å². The van der Waals surface area contributed by atoms with E-state index >= 15 is 0 Å². The summed E-state index contributed by atoms with van der Waals surface area (Å²) in [5.41, 5.74) is -0.109. The lowest BCUT2D eigenvalue weighted by atomic mass is 9.85. The Morgan fingerprint density at radius 3 is 2.71 bits per heavy atom. The molecule has 7 nitrogen and oxygen atoms in total. The van der Waals surface area contributed by atoms with E-state index in [0.717, 1.165) is 17.7 Å². The molecule has 2 N–H and O–H groups in total. The number of rotatable bonds is 7. The van der Waals surface area contributed by atoms with Crippen LogP contribution in [0.1, 0.15) is 37.3 Å². The van der Waals surface area contributed by atoms with E-state index in [1.165, 1.54) is 11.3 Å². The van der Waals surface area contributed by atoms with Crippen molar-refractivity contribution in [2.24, 2.45) is 0 Å². The molecule has 0 aliphatic carbocycles. The fourth-order valence-electron chi connectivity index (χ4n) is 3.25. The van der Waals surface area contributed by atoms with Crippen molar-refractivity contribution < 1.29 is 14.4 Å². The third kappa shape index (κ3) is 3.62. The van der Waals surface area contributed by atoms with E-state index in [4.69, 9.17) is 5.26 Å². The number of nitrogens with zero attached hydrogens (tertiary/aromatic N) is 2. The van der Waals surface area contributed by atoms with Crippen LogP contribution in [0.2, 0.25) is 0 Å². The summed E-state index contributed by atoms with van der Waals surface area (Å²) in [6, 6.07) is 12.1. The zero-order valence-electron chi connectivity index (χ0n) is 15.4. The average Bonchev–Trinajstić information content (AvgIpc) is 3.25. The third-order valence-electron chi connectivity index (χ3n) is 4.69. The first-order valence-electron chi connectivity index (χ1n) is 8.99. The number of benzene rings is 1. The second-order valence-corrected chi connectivity index (χ2v) is 7.44. The molecule has 1 fully saturated rings. The number of unbranched alkanes of at least 4 members (excludes halogenated alkanes) is 1. The summed E-state index contributed by atoms with van der Waals surface area (Å²) in [4.78, 5) is 39.1. The summed E-state index contributed by atoms with van der Waals surface area (Å²) >= 11 is 1.21. The number of nitriles is 1. The lowest BCUT2D eigenvalue weighted by Crippen LogP contribution is -2.44. The molecule has 4 amide bonds. The largest absolute Gasteiger partial charge is 0.325 e. The van der Waals surface area contributed by atoms with Crippen molar-refractivity contribution in [3.63, 3.8) is 0 Å². The van der Waals surface area contributed by atoms with Crippen molar-refractivity contribution in [2.75, 3.05) is 11.9 Å². The molecule has 3 rings (SSSR count). The van der Waals surface area contributed by atoms with Crippen molar-refractivity contribution in [1.82, 2.24) is 10.2 Å². The maximum atomic E-state index is 13.2.